The number of nitrogens with one attached hydrogen (secondary N) is 1. The number of thiazole rings is 1. The molecule has 1 N–H and O–H groups in total. The summed E-state index contributed by atoms with van der Waals surface area (Å²) in [5, 5.41) is 5.56. The predicted molar refractivity (Wildman–Crippen MR) is 112 cm³/mol. The van der Waals surface area contributed by atoms with Crippen LogP contribution in [0.3, 0.4) is 0 Å². The number of hydrogen-bond acceptors (Lipinski definition) is 3. The van der Waals surface area contributed by atoms with Gasteiger partial charge in [-0.1, -0.05) is 42.5 Å². The molecule has 30 heavy (non-hydrogen) atoms. The molecule has 0 aliphatic heterocycles. The monoisotopic (exact) mass is 424 g/mol. The van der Waals surface area contributed by atoms with Gasteiger partial charge in [-0.25, -0.2) is 4.98 Å². The van der Waals surface area contributed by atoms with Crippen LogP contribution in [-0.4, -0.2) is 10.9 Å². The molecule has 4 aromatic rings. The number of amides is 1. The summed E-state index contributed by atoms with van der Waals surface area (Å²) < 4.78 is 38.0. The number of rotatable bonds is 4. The minimum absolute atomic E-state index is 0.147. The van der Waals surface area contributed by atoms with Gasteiger partial charge in [0.1, 0.15) is 5.01 Å². The van der Waals surface area contributed by atoms with Crippen LogP contribution in [0.15, 0.2) is 84.2 Å². The highest BCUT2D eigenvalue weighted by Gasteiger charge is 2.30. The Morgan fingerprint density at radius 3 is 2.27 bits per heavy atom. The molecular weight excluding hydrogens is 409 g/mol. The molecule has 3 aromatic carbocycles. The zero-order valence-corrected chi connectivity index (χ0v) is 16.3. The molecule has 3 nitrogen and oxygen atoms in total. The van der Waals surface area contributed by atoms with E-state index in [0.29, 0.717) is 5.69 Å². The second-order valence-electron chi connectivity index (χ2n) is 6.51. The number of anilines is 1. The Kier molecular flexibility index (Phi) is 5.37. The van der Waals surface area contributed by atoms with Crippen LogP contribution in [-0.2, 0) is 6.18 Å². The SMILES string of the molecule is O=C(Nc1cccc(-c2csc(-c3ccccc3)n2)c1)c1ccc(C(F)(F)F)cc1. The minimum Gasteiger partial charge on any atom is -0.322 e. The average molecular weight is 424 g/mol. The fourth-order valence-electron chi connectivity index (χ4n) is 2.89. The number of benzene rings is 3. The fourth-order valence-corrected chi connectivity index (χ4v) is 3.73. The van der Waals surface area contributed by atoms with E-state index in [0.717, 1.165) is 46.1 Å². The molecule has 7 heteroatoms. The largest absolute Gasteiger partial charge is 0.416 e. The summed E-state index contributed by atoms with van der Waals surface area (Å²) >= 11 is 1.53. The summed E-state index contributed by atoms with van der Waals surface area (Å²) in [6.07, 6.45) is -4.44. The van der Waals surface area contributed by atoms with Crippen molar-refractivity contribution in [1.82, 2.24) is 4.98 Å². The van der Waals surface area contributed by atoms with Crippen molar-refractivity contribution in [3.63, 3.8) is 0 Å². The molecule has 0 unspecified atom stereocenters. The zero-order chi connectivity index (χ0) is 21.1. The molecule has 150 valence electrons. The summed E-state index contributed by atoms with van der Waals surface area (Å²) in [5.74, 6) is -0.482. The van der Waals surface area contributed by atoms with Gasteiger partial charge in [0.05, 0.1) is 11.3 Å². The molecule has 0 atom stereocenters. The van der Waals surface area contributed by atoms with E-state index in [9.17, 15) is 18.0 Å². The maximum Gasteiger partial charge on any atom is 0.416 e. The van der Waals surface area contributed by atoms with Gasteiger partial charge in [-0.05, 0) is 36.4 Å². The van der Waals surface area contributed by atoms with E-state index in [-0.39, 0.29) is 5.56 Å². The van der Waals surface area contributed by atoms with Gasteiger partial charge in [0.2, 0.25) is 0 Å². The highest BCUT2D eigenvalue weighted by atomic mass is 32.1. The standard InChI is InChI=1S/C23H15F3N2OS/c24-23(25,26)18-11-9-15(10-12-18)21(29)27-19-8-4-7-17(13-19)20-14-30-22(28-20)16-5-2-1-3-6-16/h1-14H,(H,27,29). The quantitative estimate of drug-likeness (QED) is 0.394. The average Bonchev–Trinajstić information content (AvgIpc) is 3.24. The molecule has 0 saturated heterocycles. The molecular formula is C23H15F3N2OS. The maximum absolute atomic E-state index is 12.7. The molecule has 0 radical (unpaired) electrons. The van der Waals surface area contributed by atoms with Gasteiger partial charge in [-0.15, -0.1) is 11.3 Å². The van der Waals surface area contributed by atoms with E-state index in [2.05, 4.69) is 10.3 Å². The van der Waals surface area contributed by atoms with Crippen molar-refractivity contribution in [2.45, 2.75) is 6.18 Å². The molecule has 0 bridgehead atoms. The van der Waals surface area contributed by atoms with Crippen molar-refractivity contribution in [2.24, 2.45) is 0 Å². The number of halogens is 3. The van der Waals surface area contributed by atoms with Gasteiger partial charge < -0.3 is 5.32 Å². The molecule has 4 rings (SSSR count). The van der Waals surface area contributed by atoms with Gasteiger partial charge in [0, 0.05) is 27.8 Å². The van der Waals surface area contributed by atoms with Gasteiger partial charge in [0.25, 0.3) is 5.91 Å². The molecule has 1 aromatic heterocycles. The van der Waals surface area contributed by atoms with E-state index in [1.54, 1.807) is 18.2 Å². The lowest BCUT2D eigenvalue weighted by atomic mass is 10.1. The first-order chi connectivity index (χ1) is 14.4. The van der Waals surface area contributed by atoms with Gasteiger partial charge >= 0.3 is 6.18 Å². The summed E-state index contributed by atoms with van der Waals surface area (Å²) in [4.78, 5) is 17.1. The third kappa shape index (κ3) is 4.41. The Bertz CT molecular complexity index is 1170. The summed E-state index contributed by atoms with van der Waals surface area (Å²) in [6.45, 7) is 0. The topological polar surface area (TPSA) is 42.0 Å². The summed E-state index contributed by atoms with van der Waals surface area (Å²) in [6, 6.07) is 21.1. The minimum atomic E-state index is -4.44. The van der Waals surface area contributed by atoms with E-state index in [1.807, 2.05) is 41.8 Å². The molecule has 1 amide bonds. The number of aromatic nitrogens is 1. The Morgan fingerprint density at radius 2 is 1.57 bits per heavy atom. The van der Waals surface area contributed by atoms with Crippen molar-refractivity contribution < 1.29 is 18.0 Å². The van der Waals surface area contributed by atoms with Crippen LogP contribution in [0.1, 0.15) is 15.9 Å². The van der Waals surface area contributed by atoms with Crippen LogP contribution in [0.4, 0.5) is 18.9 Å². The van der Waals surface area contributed by atoms with Crippen LogP contribution >= 0.6 is 11.3 Å². The zero-order valence-electron chi connectivity index (χ0n) is 15.5. The van der Waals surface area contributed by atoms with Crippen LogP contribution in [0, 0.1) is 0 Å². The van der Waals surface area contributed by atoms with Crippen LogP contribution in [0.25, 0.3) is 21.8 Å². The van der Waals surface area contributed by atoms with E-state index < -0.39 is 17.6 Å². The number of carbonyl (C=O) groups is 1. The second-order valence-corrected chi connectivity index (χ2v) is 7.37. The van der Waals surface area contributed by atoms with E-state index >= 15 is 0 Å². The lowest BCUT2D eigenvalue weighted by Crippen LogP contribution is -2.12. The lowest BCUT2D eigenvalue weighted by molar-refractivity contribution is -0.137. The molecule has 0 spiro atoms. The van der Waals surface area contributed by atoms with Crippen LogP contribution in [0.5, 0.6) is 0 Å². The lowest BCUT2D eigenvalue weighted by Gasteiger charge is -2.09. The molecule has 0 aliphatic carbocycles. The van der Waals surface area contributed by atoms with Crippen LogP contribution < -0.4 is 5.32 Å². The first kappa shape index (κ1) is 19.8. The highest BCUT2D eigenvalue weighted by molar-refractivity contribution is 7.13. The molecule has 1 heterocycles. The number of alkyl halides is 3. The van der Waals surface area contributed by atoms with Crippen molar-refractivity contribution >= 4 is 22.9 Å². The van der Waals surface area contributed by atoms with Gasteiger partial charge in [0.15, 0.2) is 0 Å². The third-order valence-corrected chi connectivity index (χ3v) is 5.31. The Balaban J connectivity index is 1.51. The van der Waals surface area contributed by atoms with E-state index in [1.165, 1.54) is 11.3 Å². The third-order valence-electron chi connectivity index (χ3n) is 4.42. The van der Waals surface area contributed by atoms with Crippen LogP contribution in [0.2, 0.25) is 0 Å². The Labute approximate surface area is 174 Å². The fraction of sp³-hybridized carbons (Fsp3) is 0.0435. The summed E-state index contributed by atoms with van der Waals surface area (Å²) in [5.41, 5.74) is 2.53. The first-order valence-corrected chi connectivity index (χ1v) is 9.88. The Hall–Kier alpha value is -3.45. The normalized spacial score (nSPS) is 11.3. The molecule has 0 saturated carbocycles. The van der Waals surface area contributed by atoms with Crippen molar-refractivity contribution in [3.8, 4) is 21.8 Å². The van der Waals surface area contributed by atoms with Crippen molar-refractivity contribution in [1.29, 1.82) is 0 Å². The van der Waals surface area contributed by atoms with Crippen molar-refractivity contribution in [3.05, 3.63) is 95.4 Å². The predicted octanol–water partition coefficient (Wildman–Crippen LogP) is 6.75. The Morgan fingerprint density at radius 1 is 0.867 bits per heavy atom. The maximum atomic E-state index is 12.7. The number of carbonyl (C=O) groups excluding carboxylic acids is 1. The number of nitrogens with zero attached hydrogens (tertiary/aromatic N) is 1. The molecule has 0 aliphatic rings. The smallest absolute Gasteiger partial charge is 0.322 e. The van der Waals surface area contributed by atoms with Crippen molar-refractivity contribution in [2.75, 3.05) is 5.32 Å². The second kappa shape index (κ2) is 8.12. The molecule has 0 fully saturated rings. The highest BCUT2D eigenvalue weighted by Crippen LogP contribution is 2.31. The van der Waals surface area contributed by atoms with Gasteiger partial charge in [-0.3, -0.25) is 4.79 Å². The van der Waals surface area contributed by atoms with E-state index in [4.69, 9.17) is 0 Å². The summed E-state index contributed by atoms with van der Waals surface area (Å²) in [7, 11) is 0. The first-order valence-electron chi connectivity index (χ1n) is 9.00. The van der Waals surface area contributed by atoms with Gasteiger partial charge in [-0.2, -0.15) is 13.2 Å². The number of hydrogen-bond donors (Lipinski definition) is 1.